The molecule has 0 amide bonds. The highest BCUT2D eigenvalue weighted by Gasteiger charge is 2.23. The van der Waals surface area contributed by atoms with Crippen LogP contribution in [0.15, 0.2) is 47.0 Å². The molecule has 5 rings (SSSR count). The molecule has 3 aromatic rings. The van der Waals surface area contributed by atoms with Gasteiger partial charge in [-0.1, -0.05) is 31.4 Å². The van der Waals surface area contributed by atoms with E-state index in [-0.39, 0.29) is 10.6 Å². The van der Waals surface area contributed by atoms with Gasteiger partial charge in [-0.3, -0.25) is 15.0 Å². The maximum atomic E-state index is 11.0. The average molecular weight is 418 g/mol. The zero-order valence-electron chi connectivity index (χ0n) is 17.5. The molecular weight excluding hydrogens is 392 g/mol. The minimum Gasteiger partial charge on any atom is -0.460 e. The third-order valence-corrected chi connectivity index (χ3v) is 6.38. The Morgan fingerprint density at radius 3 is 2.87 bits per heavy atom. The lowest BCUT2D eigenvalue weighted by Crippen LogP contribution is -2.31. The molecule has 2 aliphatic rings. The Labute approximate surface area is 181 Å². The van der Waals surface area contributed by atoms with Crippen molar-refractivity contribution in [2.24, 2.45) is 0 Å². The second kappa shape index (κ2) is 8.59. The van der Waals surface area contributed by atoms with Crippen LogP contribution in [0.5, 0.6) is 0 Å². The van der Waals surface area contributed by atoms with Gasteiger partial charge in [0.2, 0.25) is 0 Å². The van der Waals surface area contributed by atoms with Crippen LogP contribution in [0, 0.1) is 10.1 Å². The number of benzene rings is 1. The van der Waals surface area contributed by atoms with Crippen LogP contribution in [-0.2, 0) is 19.5 Å². The Kier molecular flexibility index (Phi) is 5.51. The van der Waals surface area contributed by atoms with E-state index in [4.69, 9.17) is 14.4 Å². The van der Waals surface area contributed by atoms with E-state index in [9.17, 15) is 10.1 Å². The lowest BCUT2D eigenvalue weighted by atomic mass is 9.88. The second-order valence-corrected chi connectivity index (χ2v) is 8.57. The number of aromatic nitrogens is 2. The molecule has 0 unspecified atom stereocenters. The molecule has 31 heavy (non-hydrogen) atoms. The molecule has 3 heterocycles. The highest BCUT2D eigenvalue weighted by atomic mass is 16.6. The largest absolute Gasteiger partial charge is 0.460 e. The number of nitrogens with zero attached hydrogens (tertiary/aromatic N) is 4. The van der Waals surface area contributed by atoms with Crippen molar-refractivity contribution in [2.75, 3.05) is 6.54 Å². The maximum absolute atomic E-state index is 11.0. The summed E-state index contributed by atoms with van der Waals surface area (Å²) in [6.45, 7) is 2.44. The van der Waals surface area contributed by atoms with Gasteiger partial charge in [0, 0.05) is 60.6 Å². The summed E-state index contributed by atoms with van der Waals surface area (Å²) < 4.78 is 6.00. The fourth-order valence-corrected chi connectivity index (χ4v) is 4.69. The van der Waals surface area contributed by atoms with Crippen molar-refractivity contribution in [1.82, 2.24) is 14.9 Å². The van der Waals surface area contributed by atoms with E-state index in [0.29, 0.717) is 23.8 Å². The van der Waals surface area contributed by atoms with Crippen molar-refractivity contribution in [3.63, 3.8) is 0 Å². The fraction of sp³-hybridized carbons (Fsp3) is 0.417. The monoisotopic (exact) mass is 418 g/mol. The molecule has 2 aromatic heterocycles. The Morgan fingerprint density at radius 1 is 1.16 bits per heavy atom. The molecule has 0 bridgehead atoms. The smallest absolute Gasteiger partial charge is 0.270 e. The fourth-order valence-electron chi connectivity index (χ4n) is 4.69. The van der Waals surface area contributed by atoms with Crippen molar-refractivity contribution in [3.05, 3.63) is 75.6 Å². The van der Waals surface area contributed by atoms with E-state index in [1.54, 1.807) is 12.1 Å². The van der Waals surface area contributed by atoms with Crippen molar-refractivity contribution in [2.45, 2.75) is 57.5 Å². The van der Waals surface area contributed by atoms with E-state index in [1.807, 2.05) is 24.4 Å². The van der Waals surface area contributed by atoms with Gasteiger partial charge in [-0.15, -0.1) is 0 Å². The van der Waals surface area contributed by atoms with Crippen LogP contribution in [0.4, 0.5) is 5.69 Å². The van der Waals surface area contributed by atoms with Crippen molar-refractivity contribution in [3.8, 4) is 11.3 Å². The standard InChI is InChI=1S/C24H26N4O3/c29-28(30)20-8-4-7-18(13-20)23-10-9-21(31-23)16-27-12-11-22-19(15-27)14-25-24(26-22)17-5-2-1-3-6-17/h4,7-10,13-14,17H,1-3,5-6,11-12,15-16H2. The van der Waals surface area contributed by atoms with Gasteiger partial charge in [0.05, 0.1) is 11.5 Å². The van der Waals surface area contributed by atoms with Gasteiger partial charge in [0.15, 0.2) is 0 Å². The molecule has 0 N–H and O–H groups in total. The number of rotatable bonds is 5. The number of furan rings is 1. The van der Waals surface area contributed by atoms with Crippen molar-refractivity contribution < 1.29 is 9.34 Å². The number of hydrogen-bond donors (Lipinski definition) is 0. The first kappa shape index (κ1) is 19.9. The molecule has 0 spiro atoms. The normalized spacial score (nSPS) is 17.4. The van der Waals surface area contributed by atoms with Crippen LogP contribution in [0.3, 0.4) is 0 Å². The molecule has 0 saturated heterocycles. The molecule has 1 aliphatic carbocycles. The summed E-state index contributed by atoms with van der Waals surface area (Å²) in [6, 6.07) is 10.4. The van der Waals surface area contributed by atoms with Crippen LogP contribution in [-0.4, -0.2) is 26.3 Å². The quantitative estimate of drug-likeness (QED) is 0.415. The second-order valence-electron chi connectivity index (χ2n) is 8.57. The van der Waals surface area contributed by atoms with E-state index in [2.05, 4.69) is 4.90 Å². The lowest BCUT2D eigenvalue weighted by Gasteiger charge is -2.28. The first-order valence-electron chi connectivity index (χ1n) is 11.1. The first-order chi connectivity index (χ1) is 15.2. The first-order valence-corrected chi connectivity index (χ1v) is 11.1. The summed E-state index contributed by atoms with van der Waals surface area (Å²) in [5.41, 5.74) is 3.18. The molecule has 1 saturated carbocycles. The number of hydrogen-bond acceptors (Lipinski definition) is 6. The van der Waals surface area contributed by atoms with Crippen molar-refractivity contribution >= 4 is 5.69 Å². The number of fused-ring (bicyclic) bond motifs is 1. The van der Waals surface area contributed by atoms with Gasteiger partial charge in [-0.2, -0.15) is 0 Å². The zero-order valence-corrected chi connectivity index (χ0v) is 17.5. The van der Waals surface area contributed by atoms with Gasteiger partial charge >= 0.3 is 0 Å². The zero-order chi connectivity index (χ0) is 21.2. The summed E-state index contributed by atoms with van der Waals surface area (Å²) in [4.78, 5) is 22.6. The lowest BCUT2D eigenvalue weighted by molar-refractivity contribution is -0.384. The molecule has 7 nitrogen and oxygen atoms in total. The average Bonchev–Trinajstić information content (AvgIpc) is 3.28. The third-order valence-electron chi connectivity index (χ3n) is 6.38. The minimum absolute atomic E-state index is 0.0654. The highest BCUT2D eigenvalue weighted by molar-refractivity contribution is 5.61. The Bertz CT molecular complexity index is 1090. The third kappa shape index (κ3) is 4.37. The Morgan fingerprint density at radius 2 is 2.03 bits per heavy atom. The predicted molar refractivity (Wildman–Crippen MR) is 116 cm³/mol. The maximum Gasteiger partial charge on any atom is 0.270 e. The summed E-state index contributed by atoms with van der Waals surface area (Å²) in [5, 5.41) is 11.0. The molecule has 1 fully saturated rings. The van der Waals surface area contributed by atoms with Crippen LogP contribution < -0.4 is 0 Å². The minimum atomic E-state index is -0.389. The van der Waals surface area contributed by atoms with Crippen LogP contribution in [0.2, 0.25) is 0 Å². The summed E-state index contributed by atoms with van der Waals surface area (Å²) in [6.07, 6.45) is 9.31. The van der Waals surface area contributed by atoms with E-state index < -0.39 is 0 Å². The molecule has 1 aromatic carbocycles. The van der Waals surface area contributed by atoms with E-state index in [0.717, 1.165) is 31.1 Å². The number of nitro groups is 1. The van der Waals surface area contributed by atoms with Gasteiger partial charge in [0.1, 0.15) is 17.3 Å². The van der Waals surface area contributed by atoms with Gasteiger partial charge in [-0.05, 0) is 25.0 Å². The topological polar surface area (TPSA) is 85.3 Å². The van der Waals surface area contributed by atoms with Crippen molar-refractivity contribution in [1.29, 1.82) is 0 Å². The molecule has 160 valence electrons. The van der Waals surface area contributed by atoms with Gasteiger partial charge in [-0.25, -0.2) is 9.97 Å². The predicted octanol–water partition coefficient (Wildman–Crippen LogP) is 5.25. The van der Waals surface area contributed by atoms with Crippen LogP contribution in [0.25, 0.3) is 11.3 Å². The van der Waals surface area contributed by atoms with E-state index in [1.165, 1.54) is 49.4 Å². The Balaban J connectivity index is 1.25. The van der Waals surface area contributed by atoms with Crippen LogP contribution >= 0.6 is 0 Å². The van der Waals surface area contributed by atoms with E-state index >= 15 is 0 Å². The summed E-state index contributed by atoms with van der Waals surface area (Å²) >= 11 is 0. The Hall–Kier alpha value is -3.06. The van der Waals surface area contributed by atoms with Crippen LogP contribution in [0.1, 0.15) is 60.9 Å². The van der Waals surface area contributed by atoms with Gasteiger partial charge < -0.3 is 4.42 Å². The SMILES string of the molecule is O=[N+]([O-])c1cccc(-c2ccc(CN3CCc4nc(C5CCCCC5)ncc4C3)o2)c1. The molecule has 0 atom stereocenters. The summed E-state index contributed by atoms with van der Waals surface area (Å²) in [7, 11) is 0. The summed E-state index contributed by atoms with van der Waals surface area (Å²) in [5.74, 6) is 3.08. The molecule has 7 heteroatoms. The highest BCUT2D eigenvalue weighted by Crippen LogP contribution is 2.32. The number of nitro benzene ring substituents is 1. The molecule has 0 radical (unpaired) electrons. The van der Waals surface area contributed by atoms with Gasteiger partial charge in [0.25, 0.3) is 5.69 Å². The molecule has 1 aliphatic heterocycles. The molecular formula is C24H26N4O3. The number of non-ortho nitro benzene ring substituents is 1.